The van der Waals surface area contributed by atoms with Gasteiger partial charge in [-0.3, -0.25) is 9.80 Å². The quantitative estimate of drug-likeness (QED) is 0.781. The molecule has 2 rings (SSSR count). The number of aromatic nitrogens is 2. The van der Waals surface area contributed by atoms with E-state index in [9.17, 15) is 5.11 Å². The molecule has 1 saturated heterocycles. The average Bonchev–Trinajstić information content (AvgIpc) is 2.83. The topological polar surface area (TPSA) is 55.4 Å². The molecule has 5 heteroatoms. The van der Waals surface area contributed by atoms with E-state index in [1.165, 1.54) is 11.3 Å². The molecule has 0 spiro atoms. The fourth-order valence-corrected chi connectivity index (χ4v) is 2.86. The molecule has 0 unspecified atom stereocenters. The van der Waals surface area contributed by atoms with Gasteiger partial charge >= 0.3 is 0 Å². The molecule has 0 saturated carbocycles. The lowest BCUT2D eigenvalue weighted by Gasteiger charge is -2.41. The van der Waals surface area contributed by atoms with Crippen molar-refractivity contribution in [2.45, 2.75) is 39.8 Å². The third kappa shape index (κ3) is 4.95. The van der Waals surface area contributed by atoms with E-state index in [1.807, 2.05) is 13.1 Å². The van der Waals surface area contributed by atoms with Crippen molar-refractivity contribution in [1.29, 1.82) is 0 Å². The third-order valence-corrected chi connectivity index (χ3v) is 4.03. The number of aliphatic hydroxyl groups is 1. The summed E-state index contributed by atoms with van der Waals surface area (Å²) in [5.74, 6) is 0.971. The van der Waals surface area contributed by atoms with Crippen LogP contribution in [0.4, 0.5) is 0 Å². The fourth-order valence-electron chi connectivity index (χ4n) is 2.86. The summed E-state index contributed by atoms with van der Waals surface area (Å²) in [6.07, 6.45) is 5.04. The summed E-state index contributed by atoms with van der Waals surface area (Å²) in [4.78, 5) is 12.5. The maximum absolute atomic E-state index is 9.32. The van der Waals surface area contributed by atoms with Crippen LogP contribution in [0.25, 0.3) is 0 Å². The smallest absolute Gasteiger partial charge is 0.103 e. The normalized spacial score (nSPS) is 20.7. The first-order valence-electron chi connectivity index (χ1n) is 7.79. The third-order valence-electron chi connectivity index (χ3n) is 4.03. The molecular weight excluding hydrogens is 264 g/mol. The van der Waals surface area contributed by atoms with E-state index in [2.05, 4.69) is 39.7 Å². The Hall–Kier alpha value is -1.17. The van der Waals surface area contributed by atoms with E-state index >= 15 is 0 Å². The van der Waals surface area contributed by atoms with E-state index in [4.69, 9.17) is 0 Å². The van der Waals surface area contributed by atoms with Crippen LogP contribution in [-0.4, -0.2) is 63.7 Å². The van der Waals surface area contributed by atoms with Crippen molar-refractivity contribution in [1.82, 2.24) is 19.8 Å². The van der Waals surface area contributed by atoms with Crippen LogP contribution in [0.2, 0.25) is 0 Å². The Balaban J connectivity index is 1.92. The lowest BCUT2D eigenvalue weighted by Crippen LogP contribution is -2.53. The van der Waals surface area contributed by atoms with Gasteiger partial charge in [0.05, 0.1) is 0 Å². The molecule has 0 amide bonds. The number of piperazine rings is 1. The van der Waals surface area contributed by atoms with Crippen LogP contribution in [0.3, 0.4) is 0 Å². The molecule has 1 aromatic heterocycles. The predicted octanol–water partition coefficient (Wildman–Crippen LogP) is 1.55. The molecular formula is C16H28N4O. The van der Waals surface area contributed by atoms with E-state index in [1.54, 1.807) is 0 Å². The minimum atomic E-state index is 0.257. The van der Waals surface area contributed by atoms with Crippen LogP contribution in [0, 0.1) is 6.92 Å². The Kier molecular flexibility index (Phi) is 5.96. The first-order chi connectivity index (χ1) is 10.1. The molecule has 0 aliphatic carbocycles. The standard InChI is InChI=1S/C16H28N4O/c1-13(2)4-6-20-8-7-19(12-16(20)5-9-21)11-15-10-17-14(3)18-15/h4,10,16,21H,5-9,11-12H2,1-3H3,(H,17,18)/t16-/m0/s1. The SMILES string of the molecule is CC(C)=CCN1CCN(Cc2cnc(C)[nH]2)C[C@@H]1CCO. The number of nitrogens with one attached hydrogen (secondary N) is 1. The Morgan fingerprint density at radius 3 is 2.90 bits per heavy atom. The molecule has 1 aromatic rings. The molecule has 1 atom stereocenters. The monoisotopic (exact) mass is 292 g/mol. The number of aryl methyl sites for hydroxylation is 1. The average molecular weight is 292 g/mol. The van der Waals surface area contributed by atoms with Gasteiger partial charge in [0.1, 0.15) is 5.82 Å². The minimum Gasteiger partial charge on any atom is -0.396 e. The Labute approximate surface area is 127 Å². The largest absolute Gasteiger partial charge is 0.396 e. The summed E-state index contributed by atoms with van der Waals surface area (Å²) in [6, 6.07) is 0.434. The second-order valence-corrected chi connectivity index (χ2v) is 6.17. The van der Waals surface area contributed by atoms with Crippen molar-refractivity contribution in [3.8, 4) is 0 Å². The summed E-state index contributed by atoms with van der Waals surface area (Å²) in [6.45, 7) is 11.6. The van der Waals surface area contributed by atoms with Crippen molar-refractivity contribution in [2.75, 3.05) is 32.8 Å². The first-order valence-corrected chi connectivity index (χ1v) is 7.79. The molecule has 0 bridgehead atoms. The molecule has 1 fully saturated rings. The number of aromatic amines is 1. The number of aliphatic hydroxyl groups excluding tert-OH is 1. The second kappa shape index (κ2) is 7.73. The van der Waals surface area contributed by atoms with E-state index in [-0.39, 0.29) is 6.61 Å². The zero-order valence-electron chi connectivity index (χ0n) is 13.5. The number of imidazole rings is 1. The van der Waals surface area contributed by atoms with Crippen LogP contribution in [-0.2, 0) is 6.54 Å². The van der Waals surface area contributed by atoms with Crippen LogP contribution < -0.4 is 0 Å². The summed E-state index contributed by atoms with van der Waals surface area (Å²) in [5.41, 5.74) is 2.53. The lowest BCUT2D eigenvalue weighted by atomic mass is 10.1. The minimum absolute atomic E-state index is 0.257. The maximum Gasteiger partial charge on any atom is 0.103 e. The first kappa shape index (κ1) is 16.2. The number of hydrogen-bond donors (Lipinski definition) is 2. The summed E-state index contributed by atoms with van der Waals surface area (Å²) in [5, 5.41) is 9.32. The van der Waals surface area contributed by atoms with Gasteiger partial charge in [-0.25, -0.2) is 4.98 Å². The van der Waals surface area contributed by atoms with Crippen molar-refractivity contribution >= 4 is 0 Å². The van der Waals surface area contributed by atoms with Gasteiger partial charge in [-0.2, -0.15) is 0 Å². The highest BCUT2D eigenvalue weighted by molar-refractivity contribution is 5.01. The second-order valence-electron chi connectivity index (χ2n) is 6.17. The Morgan fingerprint density at radius 2 is 2.29 bits per heavy atom. The van der Waals surface area contributed by atoms with Crippen LogP contribution in [0.15, 0.2) is 17.8 Å². The highest BCUT2D eigenvalue weighted by Crippen LogP contribution is 2.15. The molecule has 1 aliphatic rings. The van der Waals surface area contributed by atoms with Gasteiger partial charge in [0.15, 0.2) is 0 Å². The molecule has 0 aromatic carbocycles. The van der Waals surface area contributed by atoms with Gasteiger partial charge in [0.2, 0.25) is 0 Å². The van der Waals surface area contributed by atoms with Crippen LogP contribution >= 0.6 is 0 Å². The van der Waals surface area contributed by atoms with Gasteiger partial charge in [0, 0.05) is 57.3 Å². The molecule has 2 heterocycles. The van der Waals surface area contributed by atoms with Crippen molar-refractivity contribution in [3.05, 3.63) is 29.4 Å². The fraction of sp³-hybridized carbons (Fsp3) is 0.688. The van der Waals surface area contributed by atoms with Crippen LogP contribution in [0.1, 0.15) is 31.8 Å². The van der Waals surface area contributed by atoms with Gasteiger partial charge in [-0.15, -0.1) is 0 Å². The van der Waals surface area contributed by atoms with Crippen molar-refractivity contribution in [2.24, 2.45) is 0 Å². The molecule has 1 aliphatic heterocycles. The summed E-state index contributed by atoms with van der Waals surface area (Å²) in [7, 11) is 0. The summed E-state index contributed by atoms with van der Waals surface area (Å²) < 4.78 is 0. The lowest BCUT2D eigenvalue weighted by molar-refractivity contribution is 0.0631. The molecule has 0 radical (unpaired) electrons. The van der Waals surface area contributed by atoms with E-state index in [0.29, 0.717) is 6.04 Å². The van der Waals surface area contributed by atoms with Gasteiger partial charge in [-0.05, 0) is 27.2 Å². The molecule has 118 valence electrons. The van der Waals surface area contributed by atoms with Crippen molar-refractivity contribution < 1.29 is 5.11 Å². The molecule has 5 nitrogen and oxygen atoms in total. The zero-order chi connectivity index (χ0) is 15.2. The number of H-pyrrole nitrogens is 1. The predicted molar refractivity (Wildman–Crippen MR) is 85.1 cm³/mol. The number of nitrogens with zero attached hydrogens (tertiary/aromatic N) is 3. The Bertz CT molecular complexity index is 465. The van der Waals surface area contributed by atoms with Crippen LogP contribution in [0.5, 0.6) is 0 Å². The summed E-state index contributed by atoms with van der Waals surface area (Å²) >= 11 is 0. The van der Waals surface area contributed by atoms with E-state index in [0.717, 1.165) is 45.0 Å². The Morgan fingerprint density at radius 1 is 1.48 bits per heavy atom. The van der Waals surface area contributed by atoms with Gasteiger partial charge in [0.25, 0.3) is 0 Å². The molecule has 21 heavy (non-hydrogen) atoms. The van der Waals surface area contributed by atoms with E-state index < -0.39 is 0 Å². The zero-order valence-corrected chi connectivity index (χ0v) is 13.5. The number of allylic oxidation sites excluding steroid dienone is 1. The maximum atomic E-state index is 9.32. The van der Waals surface area contributed by atoms with Gasteiger partial charge in [-0.1, -0.05) is 11.6 Å². The van der Waals surface area contributed by atoms with Gasteiger partial charge < -0.3 is 10.1 Å². The molecule has 2 N–H and O–H groups in total. The number of rotatable bonds is 6. The highest BCUT2D eigenvalue weighted by Gasteiger charge is 2.26. The van der Waals surface area contributed by atoms with Crippen molar-refractivity contribution in [3.63, 3.8) is 0 Å². The number of hydrogen-bond acceptors (Lipinski definition) is 4. The highest BCUT2D eigenvalue weighted by atomic mass is 16.3.